The van der Waals surface area contributed by atoms with E-state index in [0.29, 0.717) is 5.57 Å². The Bertz CT molecular complexity index is 465. The first kappa shape index (κ1) is 10.5. The maximum absolute atomic E-state index is 11.8. The fourth-order valence-electron chi connectivity index (χ4n) is 1.81. The Labute approximate surface area is 93.6 Å². The number of carbonyl (C=O) groups is 2. The second-order valence-corrected chi connectivity index (χ2v) is 3.77. The van der Waals surface area contributed by atoms with Crippen molar-refractivity contribution in [3.63, 3.8) is 0 Å². The predicted octanol–water partition coefficient (Wildman–Crippen LogP) is 1.33. The highest BCUT2D eigenvalue weighted by atomic mass is 16.2. The van der Waals surface area contributed by atoms with Gasteiger partial charge in [0, 0.05) is 11.8 Å². The Morgan fingerprint density at radius 1 is 1.56 bits per heavy atom. The summed E-state index contributed by atoms with van der Waals surface area (Å²) in [5.74, 6) is -0.211. The zero-order valence-corrected chi connectivity index (χ0v) is 9.18. The van der Waals surface area contributed by atoms with E-state index in [2.05, 4.69) is 4.98 Å². The van der Waals surface area contributed by atoms with Gasteiger partial charge >= 0.3 is 0 Å². The fraction of sp³-hybridized carbons (Fsp3) is 0.250. The summed E-state index contributed by atoms with van der Waals surface area (Å²) in [6.07, 6.45) is 4.70. The third kappa shape index (κ3) is 1.62. The number of carbonyl (C=O) groups excluding carboxylic acids is 2. The molecule has 4 heteroatoms. The minimum atomic E-state index is -0.115. The lowest BCUT2D eigenvalue weighted by Crippen LogP contribution is -2.54. The van der Waals surface area contributed by atoms with Crippen LogP contribution in [0.1, 0.15) is 13.8 Å². The molecule has 4 nitrogen and oxygen atoms in total. The van der Waals surface area contributed by atoms with Gasteiger partial charge in [-0.1, -0.05) is 0 Å². The minimum Gasteiger partial charge on any atom is -0.300 e. The third-order valence-electron chi connectivity index (χ3n) is 2.59. The molecule has 1 atom stereocenters. The van der Waals surface area contributed by atoms with Gasteiger partial charge in [0.05, 0.1) is 17.9 Å². The molecule has 1 aliphatic heterocycles. The van der Waals surface area contributed by atoms with Gasteiger partial charge in [-0.05, 0) is 32.1 Å². The summed E-state index contributed by atoms with van der Waals surface area (Å²) in [7, 11) is 0. The first-order chi connectivity index (χ1) is 7.61. The van der Waals surface area contributed by atoms with Crippen LogP contribution in [-0.4, -0.2) is 22.7 Å². The molecule has 1 amide bonds. The first-order valence-corrected chi connectivity index (χ1v) is 5.07. The van der Waals surface area contributed by atoms with Crippen LogP contribution in [0.25, 0.3) is 0 Å². The van der Waals surface area contributed by atoms with Crippen LogP contribution in [0.4, 0.5) is 5.69 Å². The zero-order chi connectivity index (χ0) is 11.7. The maximum atomic E-state index is 11.8. The van der Waals surface area contributed by atoms with E-state index in [1.807, 2.05) is 13.0 Å². The van der Waals surface area contributed by atoms with Crippen molar-refractivity contribution in [2.45, 2.75) is 19.9 Å². The van der Waals surface area contributed by atoms with Crippen LogP contribution < -0.4 is 4.90 Å². The normalized spacial score (nSPS) is 22.1. The fourth-order valence-corrected chi connectivity index (χ4v) is 1.81. The molecule has 1 fully saturated rings. The Kier molecular flexibility index (Phi) is 2.56. The second-order valence-electron chi connectivity index (χ2n) is 3.77. The lowest BCUT2D eigenvalue weighted by molar-refractivity contribution is -0.119. The van der Waals surface area contributed by atoms with Gasteiger partial charge in [0.25, 0.3) is 5.91 Å². The SMILES string of the molecule is CC(=O)/C=C1/C(=O)N(c2cccnc2)C1C. The maximum Gasteiger partial charge on any atom is 0.257 e. The molecule has 0 spiro atoms. The summed E-state index contributed by atoms with van der Waals surface area (Å²) in [4.78, 5) is 28.3. The Morgan fingerprint density at radius 2 is 2.31 bits per heavy atom. The molecule has 0 N–H and O–H groups in total. The van der Waals surface area contributed by atoms with Crippen LogP contribution in [0, 0.1) is 0 Å². The van der Waals surface area contributed by atoms with Crippen LogP contribution in [0.5, 0.6) is 0 Å². The van der Waals surface area contributed by atoms with Gasteiger partial charge in [-0.2, -0.15) is 0 Å². The molecule has 1 aliphatic rings. The average molecular weight is 216 g/mol. The highest BCUT2D eigenvalue weighted by molar-refractivity contribution is 6.17. The standard InChI is InChI=1S/C12H12N2O2/c1-8(15)6-11-9(2)14(12(11)16)10-4-3-5-13-7-10/h3-7,9H,1-2H3/b11-6+. The molecule has 0 aliphatic carbocycles. The lowest BCUT2D eigenvalue weighted by Gasteiger charge is -2.40. The van der Waals surface area contributed by atoms with Crippen LogP contribution >= 0.6 is 0 Å². The predicted molar refractivity (Wildman–Crippen MR) is 59.9 cm³/mol. The summed E-state index contributed by atoms with van der Waals surface area (Å²) in [5, 5.41) is 0. The van der Waals surface area contributed by atoms with Crippen molar-refractivity contribution in [2.75, 3.05) is 4.90 Å². The number of hydrogen-bond acceptors (Lipinski definition) is 3. The number of anilines is 1. The monoisotopic (exact) mass is 216 g/mol. The number of pyridine rings is 1. The molecule has 1 aromatic rings. The van der Waals surface area contributed by atoms with E-state index < -0.39 is 0 Å². The van der Waals surface area contributed by atoms with E-state index in [1.54, 1.807) is 23.4 Å². The van der Waals surface area contributed by atoms with Gasteiger partial charge in [-0.25, -0.2) is 0 Å². The summed E-state index contributed by atoms with van der Waals surface area (Å²) in [5.41, 5.74) is 1.33. The van der Waals surface area contributed by atoms with Gasteiger partial charge in [0.1, 0.15) is 0 Å². The van der Waals surface area contributed by atoms with Crippen LogP contribution in [0.3, 0.4) is 0 Å². The largest absolute Gasteiger partial charge is 0.300 e. The Balaban J connectivity index is 2.25. The van der Waals surface area contributed by atoms with E-state index in [1.165, 1.54) is 13.0 Å². The molecule has 2 heterocycles. The molecular formula is C12H12N2O2. The Hall–Kier alpha value is -1.97. The molecule has 1 saturated heterocycles. The number of nitrogens with zero attached hydrogens (tertiary/aromatic N) is 2. The van der Waals surface area contributed by atoms with E-state index in [0.717, 1.165) is 5.69 Å². The number of rotatable bonds is 2. The molecule has 1 unspecified atom stereocenters. The lowest BCUT2D eigenvalue weighted by atomic mass is 9.94. The van der Waals surface area contributed by atoms with Crippen LogP contribution in [0.15, 0.2) is 36.2 Å². The number of aromatic nitrogens is 1. The molecule has 2 rings (SSSR count). The van der Waals surface area contributed by atoms with Crippen molar-refractivity contribution in [2.24, 2.45) is 0 Å². The summed E-state index contributed by atoms with van der Waals surface area (Å²) in [6.45, 7) is 3.34. The van der Waals surface area contributed by atoms with Gasteiger partial charge in [0.2, 0.25) is 0 Å². The molecule has 0 radical (unpaired) electrons. The summed E-state index contributed by atoms with van der Waals surface area (Å²) in [6, 6.07) is 3.55. The molecule has 82 valence electrons. The molecule has 16 heavy (non-hydrogen) atoms. The van der Waals surface area contributed by atoms with Crippen molar-refractivity contribution in [3.8, 4) is 0 Å². The van der Waals surface area contributed by atoms with E-state index >= 15 is 0 Å². The first-order valence-electron chi connectivity index (χ1n) is 5.07. The number of amides is 1. The highest BCUT2D eigenvalue weighted by Gasteiger charge is 2.39. The number of β-lactam (4-membered cyclic amide) rings is 1. The molecule has 1 aromatic heterocycles. The van der Waals surface area contributed by atoms with Gasteiger partial charge in [-0.15, -0.1) is 0 Å². The van der Waals surface area contributed by atoms with Crippen molar-refractivity contribution < 1.29 is 9.59 Å². The van der Waals surface area contributed by atoms with Gasteiger partial charge in [0.15, 0.2) is 5.78 Å². The smallest absolute Gasteiger partial charge is 0.257 e. The summed E-state index contributed by atoms with van der Waals surface area (Å²) >= 11 is 0. The van der Waals surface area contributed by atoms with Crippen molar-refractivity contribution in [1.29, 1.82) is 0 Å². The van der Waals surface area contributed by atoms with E-state index in [9.17, 15) is 9.59 Å². The molecular weight excluding hydrogens is 204 g/mol. The zero-order valence-electron chi connectivity index (χ0n) is 9.18. The number of hydrogen-bond donors (Lipinski definition) is 0. The Morgan fingerprint density at radius 3 is 2.81 bits per heavy atom. The quantitative estimate of drug-likeness (QED) is 0.553. The molecule has 0 aromatic carbocycles. The van der Waals surface area contributed by atoms with Crippen LogP contribution in [-0.2, 0) is 9.59 Å². The molecule has 0 saturated carbocycles. The number of ketones is 1. The minimum absolute atomic E-state index is 0.0550. The second kappa shape index (κ2) is 3.89. The average Bonchev–Trinajstić information content (AvgIpc) is 2.28. The highest BCUT2D eigenvalue weighted by Crippen LogP contribution is 2.31. The topological polar surface area (TPSA) is 50.3 Å². The third-order valence-corrected chi connectivity index (χ3v) is 2.59. The van der Waals surface area contributed by atoms with Gasteiger partial charge < -0.3 is 0 Å². The van der Waals surface area contributed by atoms with Crippen molar-refractivity contribution in [3.05, 3.63) is 36.2 Å². The number of allylic oxidation sites excluding steroid dienone is 1. The molecule has 0 bridgehead atoms. The van der Waals surface area contributed by atoms with Crippen molar-refractivity contribution >= 4 is 17.4 Å². The van der Waals surface area contributed by atoms with E-state index in [-0.39, 0.29) is 17.7 Å². The van der Waals surface area contributed by atoms with Crippen LogP contribution in [0.2, 0.25) is 0 Å². The van der Waals surface area contributed by atoms with E-state index in [4.69, 9.17) is 0 Å². The summed E-state index contributed by atoms with van der Waals surface area (Å²) < 4.78 is 0. The van der Waals surface area contributed by atoms with Crippen molar-refractivity contribution in [1.82, 2.24) is 4.98 Å². The van der Waals surface area contributed by atoms with Gasteiger partial charge in [-0.3, -0.25) is 19.5 Å².